The van der Waals surface area contributed by atoms with Crippen LogP contribution in [0.4, 0.5) is 0 Å². The Hall–Kier alpha value is -2.77. The number of ether oxygens (including phenoxy) is 4. The second-order valence-corrected chi connectivity index (χ2v) is 6.18. The van der Waals surface area contributed by atoms with Crippen molar-refractivity contribution in [1.82, 2.24) is 5.32 Å². The lowest BCUT2D eigenvalue weighted by atomic mass is 10.1. The topological polar surface area (TPSA) is 83.1 Å². The number of carbonyl (C=O) groups is 2. The van der Waals surface area contributed by atoms with E-state index in [1.807, 2.05) is 0 Å². The van der Waals surface area contributed by atoms with Crippen LogP contribution in [-0.4, -0.2) is 32.3 Å². The Morgan fingerprint density at radius 2 is 2.11 bits per heavy atom. The van der Waals surface area contributed by atoms with Crippen molar-refractivity contribution in [2.24, 2.45) is 0 Å². The highest BCUT2D eigenvalue weighted by molar-refractivity contribution is 6.30. The Labute approximate surface area is 161 Å². The Morgan fingerprint density at radius 3 is 2.93 bits per heavy atom. The number of methoxy groups -OCH3 is 1. The van der Waals surface area contributed by atoms with Crippen LogP contribution in [0.2, 0.25) is 5.02 Å². The number of halogens is 1. The van der Waals surface area contributed by atoms with Gasteiger partial charge in [-0.25, -0.2) is 0 Å². The fourth-order valence-electron chi connectivity index (χ4n) is 2.59. The molecule has 1 amide bonds. The molecule has 1 aliphatic rings. The van der Waals surface area contributed by atoms with E-state index in [0.29, 0.717) is 34.3 Å². The van der Waals surface area contributed by atoms with Gasteiger partial charge in [-0.05, 0) is 30.3 Å². The zero-order chi connectivity index (χ0) is 19.2. The summed E-state index contributed by atoms with van der Waals surface area (Å²) in [5, 5.41) is 3.01. The molecule has 7 nitrogen and oxygen atoms in total. The number of hydrogen-bond acceptors (Lipinski definition) is 6. The molecule has 0 saturated carbocycles. The lowest BCUT2D eigenvalue weighted by Crippen LogP contribution is -2.30. The summed E-state index contributed by atoms with van der Waals surface area (Å²) >= 11 is 6.07. The van der Waals surface area contributed by atoms with Gasteiger partial charge in [0.25, 0.3) is 5.91 Å². The van der Waals surface area contributed by atoms with Crippen molar-refractivity contribution in [2.75, 3.05) is 20.4 Å². The number of amides is 1. The predicted octanol–water partition coefficient (Wildman–Crippen LogP) is 2.69. The van der Waals surface area contributed by atoms with Gasteiger partial charge in [0.05, 0.1) is 13.7 Å². The number of hydrogen-bond donors (Lipinski definition) is 1. The van der Waals surface area contributed by atoms with Crippen LogP contribution in [0.1, 0.15) is 21.5 Å². The minimum Gasteiger partial charge on any atom is -0.497 e. The zero-order valence-electron chi connectivity index (χ0n) is 14.6. The minimum absolute atomic E-state index is 0.0171. The van der Waals surface area contributed by atoms with E-state index in [0.717, 1.165) is 5.56 Å². The third-order valence-corrected chi connectivity index (χ3v) is 4.08. The molecule has 0 atom stereocenters. The first-order chi connectivity index (χ1) is 13.1. The Balaban J connectivity index is 1.54. The van der Waals surface area contributed by atoms with Crippen molar-refractivity contribution >= 4 is 23.5 Å². The number of fused-ring (bicyclic) bond motifs is 1. The van der Waals surface area contributed by atoms with E-state index in [1.165, 1.54) is 7.11 Å². The molecule has 1 heterocycles. The van der Waals surface area contributed by atoms with Gasteiger partial charge in [-0.15, -0.1) is 0 Å². The number of rotatable bonds is 6. The van der Waals surface area contributed by atoms with E-state index in [1.54, 1.807) is 36.4 Å². The lowest BCUT2D eigenvalue weighted by Gasteiger charge is -2.21. The van der Waals surface area contributed by atoms with Crippen LogP contribution in [0, 0.1) is 0 Å². The first-order valence-corrected chi connectivity index (χ1v) is 8.54. The molecule has 0 saturated heterocycles. The summed E-state index contributed by atoms with van der Waals surface area (Å²) in [6, 6.07) is 10.0. The number of benzene rings is 2. The van der Waals surface area contributed by atoms with E-state index in [-0.39, 0.29) is 19.9 Å². The number of esters is 1. The van der Waals surface area contributed by atoms with Gasteiger partial charge >= 0.3 is 5.97 Å². The third-order valence-electron chi connectivity index (χ3n) is 3.87. The van der Waals surface area contributed by atoms with Crippen LogP contribution in [0.15, 0.2) is 36.4 Å². The van der Waals surface area contributed by atoms with Crippen molar-refractivity contribution < 1.29 is 28.5 Å². The summed E-state index contributed by atoms with van der Waals surface area (Å²) in [5.41, 5.74) is 1.83. The first kappa shape index (κ1) is 19.0. The normalized spacial score (nSPS) is 12.5. The largest absolute Gasteiger partial charge is 0.497 e. The number of carbonyl (C=O) groups excluding carboxylic acids is 2. The van der Waals surface area contributed by atoms with Gasteiger partial charge < -0.3 is 24.3 Å². The molecule has 1 aliphatic heterocycles. The van der Waals surface area contributed by atoms with Crippen LogP contribution in [0.25, 0.3) is 0 Å². The molecule has 2 aromatic rings. The molecule has 0 unspecified atom stereocenters. The molecule has 0 fully saturated rings. The second kappa shape index (κ2) is 8.75. The highest BCUT2D eigenvalue weighted by atomic mass is 35.5. The van der Waals surface area contributed by atoms with Crippen molar-refractivity contribution in [3.63, 3.8) is 0 Å². The highest BCUT2D eigenvalue weighted by Gasteiger charge is 2.18. The van der Waals surface area contributed by atoms with Crippen LogP contribution in [0.5, 0.6) is 11.5 Å². The molecule has 1 N–H and O–H groups in total. The van der Waals surface area contributed by atoms with E-state index in [4.69, 9.17) is 30.5 Å². The molecule has 0 spiro atoms. The maximum Gasteiger partial charge on any atom is 0.325 e. The van der Waals surface area contributed by atoms with Gasteiger partial charge in [-0.1, -0.05) is 17.7 Å². The van der Waals surface area contributed by atoms with E-state index in [9.17, 15) is 9.59 Å². The van der Waals surface area contributed by atoms with E-state index in [2.05, 4.69) is 5.32 Å². The third kappa shape index (κ3) is 4.90. The smallest absolute Gasteiger partial charge is 0.325 e. The zero-order valence-corrected chi connectivity index (χ0v) is 15.4. The summed E-state index contributed by atoms with van der Waals surface area (Å²) in [4.78, 5) is 24.1. The average Bonchev–Trinajstić information content (AvgIpc) is 2.70. The summed E-state index contributed by atoms with van der Waals surface area (Å²) < 4.78 is 21.0. The molecule has 8 heteroatoms. The van der Waals surface area contributed by atoms with Gasteiger partial charge in [0.1, 0.15) is 24.7 Å². The van der Waals surface area contributed by atoms with Crippen LogP contribution >= 0.6 is 11.6 Å². The van der Waals surface area contributed by atoms with Crippen LogP contribution in [0.3, 0.4) is 0 Å². The fourth-order valence-corrected chi connectivity index (χ4v) is 2.86. The van der Waals surface area contributed by atoms with Crippen LogP contribution in [-0.2, 0) is 27.5 Å². The average molecular weight is 392 g/mol. The molecule has 0 aromatic heterocycles. The lowest BCUT2D eigenvalue weighted by molar-refractivity contribution is -0.143. The quantitative estimate of drug-likeness (QED) is 0.762. The summed E-state index contributed by atoms with van der Waals surface area (Å²) in [6.45, 7) is 0.235. The van der Waals surface area contributed by atoms with Crippen molar-refractivity contribution in [3.8, 4) is 11.5 Å². The monoisotopic (exact) mass is 391 g/mol. The predicted molar refractivity (Wildman–Crippen MR) is 96.9 cm³/mol. The molecule has 3 rings (SSSR count). The maximum atomic E-state index is 12.1. The van der Waals surface area contributed by atoms with Gasteiger partial charge in [0, 0.05) is 21.7 Å². The first-order valence-electron chi connectivity index (χ1n) is 8.16. The Bertz CT molecular complexity index is 854. The molecule has 27 heavy (non-hydrogen) atoms. The van der Waals surface area contributed by atoms with Crippen molar-refractivity contribution in [1.29, 1.82) is 0 Å². The summed E-state index contributed by atoms with van der Waals surface area (Å²) in [6.07, 6.45) is 0. The Morgan fingerprint density at radius 1 is 1.26 bits per heavy atom. The van der Waals surface area contributed by atoms with Gasteiger partial charge in [0.15, 0.2) is 6.79 Å². The molecule has 142 valence electrons. The van der Waals surface area contributed by atoms with Crippen molar-refractivity contribution in [3.05, 3.63) is 58.1 Å². The summed E-state index contributed by atoms with van der Waals surface area (Å²) in [5.74, 6) is 0.192. The molecule has 0 aliphatic carbocycles. The van der Waals surface area contributed by atoms with Gasteiger partial charge in [0.2, 0.25) is 0 Å². The second-order valence-electron chi connectivity index (χ2n) is 5.74. The molecule has 0 radical (unpaired) electrons. The van der Waals surface area contributed by atoms with E-state index < -0.39 is 11.9 Å². The highest BCUT2D eigenvalue weighted by Crippen LogP contribution is 2.32. The molecular formula is C19H18ClNO6. The SMILES string of the molecule is COc1cccc(C(=O)NCC(=O)OCc2cc(Cl)cc3c2OCOC3)c1. The van der Waals surface area contributed by atoms with Crippen molar-refractivity contribution in [2.45, 2.75) is 13.2 Å². The van der Waals surface area contributed by atoms with Gasteiger partial charge in [-0.3, -0.25) is 9.59 Å². The molecule has 0 bridgehead atoms. The van der Waals surface area contributed by atoms with E-state index >= 15 is 0 Å². The minimum atomic E-state index is -0.577. The number of nitrogens with one attached hydrogen (secondary N) is 1. The standard InChI is InChI=1S/C19H18ClNO6/c1-24-16-4-2-3-12(7-16)19(23)21-8-17(22)26-10-14-6-15(20)5-13-9-25-11-27-18(13)14/h2-7H,8-11H2,1H3,(H,21,23). The molecular weight excluding hydrogens is 374 g/mol. The summed E-state index contributed by atoms with van der Waals surface area (Å²) in [7, 11) is 1.51. The van der Waals surface area contributed by atoms with Gasteiger partial charge in [-0.2, -0.15) is 0 Å². The van der Waals surface area contributed by atoms with Crippen LogP contribution < -0.4 is 14.8 Å². The fraction of sp³-hybridized carbons (Fsp3) is 0.263. The maximum absolute atomic E-state index is 12.1. The molecule has 2 aromatic carbocycles. The Kier molecular flexibility index (Phi) is 6.16.